The van der Waals surface area contributed by atoms with Crippen molar-refractivity contribution in [2.24, 2.45) is 0 Å². The first-order chi connectivity index (χ1) is 17.6. The van der Waals surface area contributed by atoms with Crippen LogP contribution < -0.4 is 15.4 Å². The molecule has 0 radical (unpaired) electrons. The molecule has 0 aliphatic carbocycles. The predicted molar refractivity (Wildman–Crippen MR) is 142 cm³/mol. The lowest BCUT2D eigenvalue weighted by atomic mass is 9.88. The lowest BCUT2D eigenvalue weighted by Gasteiger charge is -2.35. The summed E-state index contributed by atoms with van der Waals surface area (Å²) in [4.78, 5) is 39.8. The molecule has 0 aromatic heterocycles. The van der Waals surface area contributed by atoms with Crippen LogP contribution in [0.15, 0.2) is 48.5 Å². The number of rotatable bonds is 8. The SMILES string of the molecule is CS(=O)(=O)Nc1ccccc1C1CCN(C(=O)C(Cc2ccc(Cl)cc2)NC(=O)C2CCC(=O)N2)CC1. The first-order valence-electron chi connectivity index (χ1n) is 12.3. The summed E-state index contributed by atoms with van der Waals surface area (Å²) in [5.74, 6) is -0.636. The molecule has 2 unspecified atom stereocenters. The van der Waals surface area contributed by atoms with E-state index < -0.39 is 22.1 Å². The Balaban J connectivity index is 1.45. The maximum atomic E-state index is 13.6. The van der Waals surface area contributed by atoms with E-state index >= 15 is 0 Å². The second-order valence-electron chi connectivity index (χ2n) is 9.61. The zero-order chi connectivity index (χ0) is 26.6. The number of carbonyl (C=O) groups excluding carboxylic acids is 3. The molecule has 9 nitrogen and oxygen atoms in total. The van der Waals surface area contributed by atoms with Crippen LogP contribution in [0.3, 0.4) is 0 Å². The third-order valence-corrected chi connectivity index (χ3v) is 7.62. The molecule has 2 heterocycles. The molecular weight excluding hydrogens is 516 g/mol. The smallest absolute Gasteiger partial charge is 0.245 e. The number of anilines is 1. The van der Waals surface area contributed by atoms with E-state index in [4.69, 9.17) is 11.6 Å². The Bertz CT molecular complexity index is 1260. The molecule has 2 saturated heterocycles. The maximum Gasteiger partial charge on any atom is 0.245 e. The third kappa shape index (κ3) is 7.23. The molecular formula is C26H31ClN4O5S. The van der Waals surface area contributed by atoms with Crippen molar-refractivity contribution in [3.8, 4) is 0 Å². The van der Waals surface area contributed by atoms with Crippen LogP contribution in [0.25, 0.3) is 0 Å². The average molecular weight is 547 g/mol. The van der Waals surface area contributed by atoms with Gasteiger partial charge >= 0.3 is 0 Å². The molecule has 11 heteroatoms. The van der Waals surface area contributed by atoms with Crippen molar-refractivity contribution in [2.75, 3.05) is 24.1 Å². The largest absolute Gasteiger partial charge is 0.344 e. The highest BCUT2D eigenvalue weighted by Crippen LogP contribution is 2.33. The number of likely N-dealkylation sites (tertiary alicyclic amines) is 1. The van der Waals surface area contributed by atoms with Crippen LogP contribution in [0.1, 0.15) is 42.7 Å². The maximum absolute atomic E-state index is 13.6. The molecule has 2 aromatic rings. The highest BCUT2D eigenvalue weighted by molar-refractivity contribution is 7.92. The molecule has 4 rings (SSSR count). The molecule has 0 spiro atoms. The Kier molecular flexibility index (Phi) is 8.39. The summed E-state index contributed by atoms with van der Waals surface area (Å²) in [6.07, 6.45) is 3.43. The van der Waals surface area contributed by atoms with E-state index in [1.807, 2.05) is 24.3 Å². The molecule has 2 fully saturated rings. The van der Waals surface area contributed by atoms with Gasteiger partial charge in [0, 0.05) is 31.0 Å². The summed E-state index contributed by atoms with van der Waals surface area (Å²) in [6.45, 7) is 0.952. The lowest BCUT2D eigenvalue weighted by Crippen LogP contribution is -2.54. The lowest BCUT2D eigenvalue weighted by molar-refractivity contribution is -0.137. The quantitative estimate of drug-likeness (QED) is 0.469. The van der Waals surface area contributed by atoms with Gasteiger partial charge in [-0.2, -0.15) is 0 Å². The molecule has 2 aliphatic rings. The molecule has 37 heavy (non-hydrogen) atoms. The van der Waals surface area contributed by atoms with Crippen LogP contribution in [0.5, 0.6) is 0 Å². The summed E-state index contributed by atoms with van der Waals surface area (Å²) in [6, 6.07) is 13.0. The number of carbonyl (C=O) groups is 3. The number of nitrogens with one attached hydrogen (secondary N) is 3. The number of nitrogens with zero attached hydrogens (tertiary/aromatic N) is 1. The monoisotopic (exact) mass is 546 g/mol. The van der Waals surface area contributed by atoms with Crippen LogP contribution >= 0.6 is 11.6 Å². The predicted octanol–water partition coefficient (Wildman–Crippen LogP) is 2.42. The van der Waals surface area contributed by atoms with Crippen molar-refractivity contribution >= 4 is 45.0 Å². The van der Waals surface area contributed by atoms with Gasteiger partial charge in [0.1, 0.15) is 12.1 Å². The van der Waals surface area contributed by atoms with Gasteiger partial charge < -0.3 is 15.5 Å². The Morgan fingerprint density at radius 3 is 2.38 bits per heavy atom. The topological polar surface area (TPSA) is 125 Å². The zero-order valence-corrected chi connectivity index (χ0v) is 22.1. The van der Waals surface area contributed by atoms with Crippen molar-refractivity contribution in [2.45, 2.75) is 50.1 Å². The van der Waals surface area contributed by atoms with Crippen LogP contribution in [-0.4, -0.2) is 62.5 Å². The van der Waals surface area contributed by atoms with E-state index in [0.717, 1.165) is 17.4 Å². The summed E-state index contributed by atoms with van der Waals surface area (Å²) in [7, 11) is -3.42. The van der Waals surface area contributed by atoms with Crippen LogP contribution in [-0.2, 0) is 30.8 Å². The molecule has 3 amide bonds. The molecule has 2 aromatic carbocycles. The minimum absolute atomic E-state index is 0.0903. The van der Waals surface area contributed by atoms with Gasteiger partial charge in [0.15, 0.2) is 0 Å². The number of benzene rings is 2. The Morgan fingerprint density at radius 2 is 1.76 bits per heavy atom. The molecule has 2 aliphatic heterocycles. The normalized spacial score (nSPS) is 19.2. The number of hydrogen-bond acceptors (Lipinski definition) is 5. The fourth-order valence-electron chi connectivity index (χ4n) is 4.92. The zero-order valence-electron chi connectivity index (χ0n) is 20.6. The van der Waals surface area contributed by atoms with Crippen molar-refractivity contribution < 1.29 is 22.8 Å². The fourth-order valence-corrected chi connectivity index (χ4v) is 5.63. The minimum atomic E-state index is -3.42. The number of hydrogen-bond donors (Lipinski definition) is 3. The van der Waals surface area contributed by atoms with Crippen LogP contribution in [0, 0.1) is 0 Å². The second-order valence-corrected chi connectivity index (χ2v) is 11.8. The molecule has 0 bridgehead atoms. The number of amides is 3. The number of para-hydroxylation sites is 1. The molecule has 198 valence electrons. The summed E-state index contributed by atoms with van der Waals surface area (Å²) < 4.78 is 26.2. The minimum Gasteiger partial charge on any atom is -0.344 e. The van der Waals surface area contributed by atoms with Gasteiger partial charge in [-0.15, -0.1) is 0 Å². The van der Waals surface area contributed by atoms with Gasteiger partial charge in [-0.3, -0.25) is 19.1 Å². The summed E-state index contributed by atoms with van der Waals surface area (Å²) >= 11 is 6.00. The van der Waals surface area contributed by atoms with Gasteiger partial charge in [-0.05, 0) is 54.5 Å². The second kappa shape index (κ2) is 11.5. The van der Waals surface area contributed by atoms with Crippen molar-refractivity contribution in [3.63, 3.8) is 0 Å². The molecule has 2 atom stereocenters. The first kappa shape index (κ1) is 26.9. The van der Waals surface area contributed by atoms with Gasteiger partial charge in [0.25, 0.3) is 0 Å². The van der Waals surface area contributed by atoms with Gasteiger partial charge in [0.05, 0.1) is 11.9 Å². The Hall–Kier alpha value is -3.11. The number of piperidine rings is 1. The van der Waals surface area contributed by atoms with Crippen LogP contribution in [0.2, 0.25) is 5.02 Å². The summed E-state index contributed by atoms with van der Waals surface area (Å²) in [5, 5.41) is 6.10. The first-order valence-corrected chi connectivity index (χ1v) is 14.6. The van der Waals surface area contributed by atoms with Gasteiger partial charge in [0.2, 0.25) is 27.7 Å². The van der Waals surface area contributed by atoms with Gasteiger partial charge in [-0.1, -0.05) is 41.9 Å². The van der Waals surface area contributed by atoms with E-state index in [9.17, 15) is 22.8 Å². The van der Waals surface area contributed by atoms with E-state index in [2.05, 4.69) is 15.4 Å². The third-order valence-electron chi connectivity index (χ3n) is 6.78. The summed E-state index contributed by atoms with van der Waals surface area (Å²) in [5.41, 5.74) is 2.32. The molecule has 3 N–H and O–H groups in total. The standard InChI is InChI=1S/C26H31ClN4O5S/c1-37(35,36)30-21-5-3-2-4-20(21)18-12-14-31(15-13-18)26(34)23(16-17-6-8-19(27)9-7-17)29-25(33)22-10-11-24(32)28-22/h2-9,18,22-23,30H,10-16H2,1H3,(H,28,32)(H,29,33). The van der Waals surface area contributed by atoms with E-state index in [-0.39, 0.29) is 30.1 Å². The highest BCUT2D eigenvalue weighted by Gasteiger charge is 2.34. The van der Waals surface area contributed by atoms with Crippen LogP contribution in [0.4, 0.5) is 5.69 Å². The van der Waals surface area contributed by atoms with Gasteiger partial charge in [-0.25, -0.2) is 8.42 Å². The number of sulfonamides is 1. The van der Waals surface area contributed by atoms with Crippen molar-refractivity contribution in [3.05, 3.63) is 64.7 Å². The van der Waals surface area contributed by atoms with Crippen molar-refractivity contribution in [1.29, 1.82) is 0 Å². The Labute approximate surface area is 222 Å². The Morgan fingerprint density at radius 1 is 1.08 bits per heavy atom. The molecule has 0 saturated carbocycles. The van der Waals surface area contributed by atoms with E-state index in [0.29, 0.717) is 49.5 Å². The van der Waals surface area contributed by atoms with E-state index in [1.165, 1.54) is 0 Å². The number of halogens is 1. The average Bonchev–Trinajstić information content (AvgIpc) is 3.30. The highest BCUT2D eigenvalue weighted by atomic mass is 35.5. The fraction of sp³-hybridized carbons (Fsp3) is 0.423. The van der Waals surface area contributed by atoms with Crippen molar-refractivity contribution in [1.82, 2.24) is 15.5 Å². The van der Waals surface area contributed by atoms with E-state index in [1.54, 1.807) is 29.2 Å².